The highest BCUT2D eigenvalue weighted by Crippen LogP contribution is 2.19. The molecule has 1 aliphatic rings. The van der Waals surface area contributed by atoms with Crippen molar-refractivity contribution in [2.75, 3.05) is 19.6 Å². The first-order valence-corrected chi connectivity index (χ1v) is 9.36. The second-order valence-electron chi connectivity index (χ2n) is 6.76. The molecule has 1 fully saturated rings. The lowest BCUT2D eigenvalue weighted by Gasteiger charge is -2.35. The molecule has 1 amide bonds. The normalized spacial score (nSPS) is 19.7. The number of carbonyl (C=O) groups excluding carboxylic acids is 1. The van der Waals surface area contributed by atoms with Crippen molar-refractivity contribution in [1.82, 2.24) is 10.2 Å². The fourth-order valence-corrected chi connectivity index (χ4v) is 3.39. The summed E-state index contributed by atoms with van der Waals surface area (Å²) in [5.41, 5.74) is 1.05. The van der Waals surface area contributed by atoms with E-state index in [4.69, 9.17) is 4.74 Å². The average molecular weight is 332 g/mol. The third kappa shape index (κ3) is 5.52. The Kier molecular flexibility index (Phi) is 7.57. The van der Waals surface area contributed by atoms with E-state index in [-0.39, 0.29) is 5.91 Å². The second-order valence-corrected chi connectivity index (χ2v) is 6.76. The van der Waals surface area contributed by atoms with Crippen LogP contribution >= 0.6 is 0 Å². The molecule has 0 aliphatic carbocycles. The number of benzene rings is 1. The quantitative estimate of drug-likeness (QED) is 0.741. The van der Waals surface area contributed by atoms with Gasteiger partial charge in [-0.1, -0.05) is 31.5 Å². The fraction of sp³-hybridized carbons (Fsp3) is 0.650. The Hall–Kier alpha value is -1.55. The van der Waals surface area contributed by atoms with Gasteiger partial charge in [-0.2, -0.15) is 0 Å². The zero-order valence-electron chi connectivity index (χ0n) is 15.4. The van der Waals surface area contributed by atoms with E-state index in [1.54, 1.807) is 6.92 Å². The SMILES string of the molecule is CC[C@H]1CCCCN1CCCNC(=O)[C@H](C)Oc1ccccc1C. The molecule has 0 aromatic heterocycles. The zero-order chi connectivity index (χ0) is 17.4. The maximum atomic E-state index is 12.2. The van der Waals surface area contributed by atoms with Crippen LogP contribution in [-0.4, -0.2) is 42.6 Å². The van der Waals surface area contributed by atoms with Gasteiger partial charge < -0.3 is 15.0 Å². The number of nitrogens with zero attached hydrogens (tertiary/aromatic N) is 1. The second kappa shape index (κ2) is 9.67. The Labute approximate surface area is 146 Å². The maximum Gasteiger partial charge on any atom is 0.260 e. The summed E-state index contributed by atoms with van der Waals surface area (Å²) in [6.07, 6.45) is 5.75. The van der Waals surface area contributed by atoms with Crippen LogP contribution in [0.4, 0.5) is 0 Å². The maximum absolute atomic E-state index is 12.2. The first-order valence-electron chi connectivity index (χ1n) is 9.36. The lowest BCUT2D eigenvalue weighted by molar-refractivity contribution is -0.127. The van der Waals surface area contributed by atoms with E-state index >= 15 is 0 Å². The minimum absolute atomic E-state index is 0.0380. The molecule has 0 saturated carbocycles. The van der Waals surface area contributed by atoms with Gasteiger partial charge >= 0.3 is 0 Å². The number of rotatable bonds is 8. The summed E-state index contributed by atoms with van der Waals surface area (Å²) in [4.78, 5) is 14.8. The topological polar surface area (TPSA) is 41.6 Å². The average Bonchev–Trinajstić information content (AvgIpc) is 2.60. The molecule has 134 valence electrons. The van der Waals surface area contributed by atoms with Crippen LogP contribution in [0.15, 0.2) is 24.3 Å². The summed E-state index contributed by atoms with van der Waals surface area (Å²) >= 11 is 0. The van der Waals surface area contributed by atoms with Crippen LogP contribution in [0.25, 0.3) is 0 Å². The Morgan fingerprint density at radius 2 is 2.17 bits per heavy atom. The van der Waals surface area contributed by atoms with Crippen LogP contribution in [0.5, 0.6) is 5.75 Å². The van der Waals surface area contributed by atoms with Gasteiger partial charge in [-0.3, -0.25) is 4.79 Å². The van der Waals surface area contributed by atoms with E-state index in [9.17, 15) is 4.79 Å². The zero-order valence-corrected chi connectivity index (χ0v) is 15.4. The number of hydrogen-bond donors (Lipinski definition) is 1. The van der Waals surface area contributed by atoms with Gasteiger partial charge in [0.05, 0.1) is 0 Å². The van der Waals surface area contributed by atoms with Gasteiger partial charge in [0, 0.05) is 19.1 Å². The summed E-state index contributed by atoms with van der Waals surface area (Å²) in [5, 5.41) is 3.00. The smallest absolute Gasteiger partial charge is 0.260 e. The van der Waals surface area contributed by atoms with E-state index in [1.165, 1.54) is 32.2 Å². The third-order valence-electron chi connectivity index (χ3n) is 4.91. The highest BCUT2D eigenvalue weighted by molar-refractivity contribution is 5.80. The first-order chi connectivity index (χ1) is 11.6. The van der Waals surface area contributed by atoms with Gasteiger partial charge in [-0.15, -0.1) is 0 Å². The van der Waals surface area contributed by atoms with Crippen molar-refractivity contribution < 1.29 is 9.53 Å². The van der Waals surface area contributed by atoms with Crippen LogP contribution in [0.3, 0.4) is 0 Å². The number of amides is 1. The van der Waals surface area contributed by atoms with Crippen LogP contribution in [-0.2, 0) is 4.79 Å². The van der Waals surface area contributed by atoms with Gasteiger partial charge in [-0.05, 0) is 57.7 Å². The Morgan fingerprint density at radius 3 is 2.92 bits per heavy atom. The van der Waals surface area contributed by atoms with E-state index in [1.807, 2.05) is 31.2 Å². The molecular weight excluding hydrogens is 300 g/mol. The number of carbonyl (C=O) groups is 1. The van der Waals surface area contributed by atoms with E-state index in [0.29, 0.717) is 6.54 Å². The molecule has 0 bridgehead atoms. The Balaban J connectivity index is 1.68. The lowest BCUT2D eigenvalue weighted by atomic mass is 10.00. The van der Waals surface area contributed by atoms with Crippen molar-refractivity contribution in [3.8, 4) is 5.75 Å². The molecule has 0 spiro atoms. The van der Waals surface area contributed by atoms with Crippen molar-refractivity contribution in [3.05, 3.63) is 29.8 Å². The van der Waals surface area contributed by atoms with Crippen LogP contribution in [0.2, 0.25) is 0 Å². The summed E-state index contributed by atoms with van der Waals surface area (Å²) in [6.45, 7) is 9.07. The molecule has 4 nitrogen and oxygen atoms in total. The largest absolute Gasteiger partial charge is 0.481 e. The molecular formula is C20H32N2O2. The lowest BCUT2D eigenvalue weighted by Crippen LogP contribution is -2.41. The van der Waals surface area contributed by atoms with Crippen LogP contribution < -0.4 is 10.1 Å². The number of hydrogen-bond acceptors (Lipinski definition) is 3. The number of aryl methyl sites for hydroxylation is 1. The molecule has 1 heterocycles. The summed E-state index contributed by atoms with van der Waals surface area (Å²) in [7, 11) is 0. The van der Waals surface area contributed by atoms with E-state index in [2.05, 4.69) is 17.1 Å². The fourth-order valence-electron chi connectivity index (χ4n) is 3.39. The Bertz CT molecular complexity index is 518. The number of para-hydroxylation sites is 1. The van der Waals surface area contributed by atoms with Crippen LogP contribution in [0, 0.1) is 6.92 Å². The highest BCUT2D eigenvalue weighted by Gasteiger charge is 2.20. The van der Waals surface area contributed by atoms with Gasteiger partial charge in [0.15, 0.2) is 6.10 Å². The molecule has 1 aromatic carbocycles. The number of nitrogens with one attached hydrogen (secondary N) is 1. The van der Waals surface area contributed by atoms with Crippen molar-refractivity contribution in [1.29, 1.82) is 0 Å². The van der Waals surface area contributed by atoms with Gasteiger partial charge in [0.1, 0.15) is 5.75 Å². The van der Waals surface area contributed by atoms with E-state index < -0.39 is 6.10 Å². The van der Waals surface area contributed by atoms with Crippen molar-refractivity contribution >= 4 is 5.91 Å². The van der Waals surface area contributed by atoms with Gasteiger partial charge in [0.25, 0.3) is 5.91 Å². The van der Waals surface area contributed by atoms with Gasteiger partial charge in [0.2, 0.25) is 0 Å². The molecule has 0 radical (unpaired) electrons. The number of ether oxygens (including phenoxy) is 1. The van der Waals surface area contributed by atoms with Gasteiger partial charge in [-0.25, -0.2) is 0 Å². The molecule has 1 aliphatic heterocycles. The minimum Gasteiger partial charge on any atom is -0.481 e. The number of likely N-dealkylation sites (tertiary alicyclic amines) is 1. The molecule has 1 aromatic rings. The minimum atomic E-state index is -0.468. The van der Waals surface area contributed by atoms with Crippen LogP contribution in [0.1, 0.15) is 51.5 Å². The van der Waals surface area contributed by atoms with Crippen molar-refractivity contribution in [2.24, 2.45) is 0 Å². The molecule has 2 atom stereocenters. The standard InChI is InChI=1S/C20H32N2O2/c1-4-18-11-7-8-14-22(18)15-9-13-21-20(23)17(3)24-19-12-6-5-10-16(19)2/h5-6,10,12,17-18H,4,7-9,11,13-15H2,1-3H3,(H,21,23)/t17-,18-/m0/s1. The molecule has 1 N–H and O–H groups in total. The third-order valence-corrected chi connectivity index (χ3v) is 4.91. The predicted molar refractivity (Wildman–Crippen MR) is 98.4 cm³/mol. The molecule has 24 heavy (non-hydrogen) atoms. The molecule has 4 heteroatoms. The molecule has 2 rings (SSSR count). The highest BCUT2D eigenvalue weighted by atomic mass is 16.5. The Morgan fingerprint density at radius 1 is 1.38 bits per heavy atom. The summed E-state index contributed by atoms with van der Waals surface area (Å²) in [6, 6.07) is 8.52. The molecule has 1 saturated heterocycles. The summed E-state index contributed by atoms with van der Waals surface area (Å²) in [5.74, 6) is 0.739. The monoisotopic (exact) mass is 332 g/mol. The molecule has 0 unspecified atom stereocenters. The van der Waals surface area contributed by atoms with E-state index in [0.717, 1.165) is 30.3 Å². The van der Waals surface area contributed by atoms with Crippen molar-refractivity contribution in [3.63, 3.8) is 0 Å². The summed E-state index contributed by atoms with van der Waals surface area (Å²) < 4.78 is 5.77. The first kappa shape index (κ1) is 18.8. The predicted octanol–water partition coefficient (Wildman–Crippen LogP) is 3.53. The van der Waals surface area contributed by atoms with Crippen molar-refractivity contribution in [2.45, 2.75) is 65.0 Å². The number of piperidine rings is 1.